The number of aromatic nitrogens is 3. The fraction of sp³-hybridized carbons (Fsp3) is 0.421. The van der Waals surface area contributed by atoms with Gasteiger partial charge in [0, 0.05) is 25.4 Å². The first-order chi connectivity index (χ1) is 13.1. The molecule has 3 aromatic rings. The quantitative estimate of drug-likeness (QED) is 0.611. The summed E-state index contributed by atoms with van der Waals surface area (Å²) in [5.74, 6) is -0.336. The molecule has 1 amide bonds. The number of amides is 1. The Kier molecular flexibility index (Phi) is 5.58. The van der Waals surface area contributed by atoms with E-state index in [1.807, 2.05) is 31.4 Å². The molecule has 3 heterocycles. The first kappa shape index (κ1) is 20.5. The first-order valence-electron chi connectivity index (χ1n) is 8.95. The summed E-state index contributed by atoms with van der Waals surface area (Å²) in [6.45, 7) is 5.75. The number of carbonyl (C=O) groups excluding carboxylic acids is 1. The van der Waals surface area contributed by atoms with Crippen LogP contribution in [0.3, 0.4) is 0 Å². The molecular formula is C19H24N4O3S2. The Morgan fingerprint density at radius 1 is 1.32 bits per heavy atom. The van der Waals surface area contributed by atoms with Gasteiger partial charge in [0.05, 0.1) is 33.5 Å². The van der Waals surface area contributed by atoms with Crippen molar-refractivity contribution in [2.24, 2.45) is 0 Å². The number of fused-ring (bicyclic) bond motifs is 1. The number of sulfone groups is 1. The molecule has 28 heavy (non-hydrogen) atoms. The van der Waals surface area contributed by atoms with Crippen molar-refractivity contribution in [2.75, 3.05) is 19.1 Å². The number of hydrogen-bond acceptors (Lipinski definition) is 6. The van der Waals surface area contributed by atoms with Gasteiger partial charge in [0.2, 0.25) is 0 Å². The highest BCUT2D eigenvalue weighted by molar-refractivity contribution is 7.90. The van der Waals surface area contributed by atoms with E-state index in [1.165, 1.54) is 11.2 Å². The smallest absolute Gasteiger partial charge is 0.254 e. The first-order valence-corrected chi connectivity index (χ1v) is 11.9. The van der Waals surface area contributed by atoms with Crippen LogP contribution in [0.4, 0.5) is 0 Å². The summed E-state index contributed by atoms with van der Waals surface area (Å²) in [6, 6.07) is 5.31. The van der Waals surface area contributed by atoms with Crippen molar-refractivity contribution < 1.29 is 13.2 Å². The SMILES string of the molecule is CC(CS(C)(=O)=O)N(C)C(=O)c1cc(-c2cccs2)nc2c1cnn2C(C)C. The zero-order valence-electron chi connectivity index (χ0n) is 16.6. The van der Waals surface area contributed by atoms with Crippen molar-refractivity contribution in [3.8, 4) is 10.6 Å². The monoisotopic (exact) mass is 420 g/mol. The molecule has 0 aliphatic carbocycles. The van der Waals surface area contributed by atoms with Crippen molar-refractivity contribution in [1.29, 1.82) is 0 Å². The predicted molar refractivity (Wildman–Crippen MR) is 112 cm³/mol. The van der Waals surface area contributed by atoms with E-state index in [9.17, 15) is 13.2 Å². The lowest BCUT2D eigenvalue weighted by atomic mass is 10.1. The Morgan fingerprint density at radius 2 is 2.04 bits per heavy atom. The van der Waals surface area contributed by atoms with Gasteiger partial charge in [-0.25, -0.2) is 18.1 Å². The van der Waals surface area contributed by atoms with Gasteiger partial charge >= 0.3 is 0 Å². The van der Waals surface area contributed by atoms with Gasteiger partial charge < -0.3 is 4.90 Å². The predicted octanol–water partition coefficient (Wildman–Crippen LogP) is 3.25. The third kappa shape index (κ3) is 4.10. The summed E-state index contributed by atoms with van der Waals surface area (Å²) in [4.78, 5) is 20.4. The van der Waals surface area contributed by atoms with Gasteiger partial charge in [-0.3, -0.25) is 4.79 Å². The minimum Gasteiger partial charge on any atom is -0.338 e. The van der Waals surface area contributed by atoms with Gasteiger partial charge in [-0.15, -0.1) is 11.3 Å². The van der Waals surface area contributed by atoms with Crippen LogP contribution in [0.5, 0.6) is 0 Å². The number of thiophene rings is 1. The van der Waals surface area contributed by atoms with Crippen LogP contribution in [-0.2, 0) is 9.84 Å². The number of hydrogen-bond donors (Lipinski definition) is 0. The van der Waals surface area contributed by atoms with Gasteiger partial charge in [-0.2, -0.15) is 5.10 Å². The van der Waals surface area contributed by atoms with Crippen molar-refractivity contribution in [3.05, 3.63) is 35.3 Å². The van der Waals surface area contributed by atoms with Crippen LogP contribution >= 0.6 is 11.3 Å². The summed E-state index contributed by atoms with van der Waals surface area (Å²) in [7, 11) is -1.57. The lowest BCUT2D eigenvalue weighted by molar-refractivity contribution is 0.0759. The van der Waals surface area contributed by atoms with Crippen LogP contribution in [0.25, 0.3) is 21.6 Å². The summed E-state index contributed by atoms with van der Waals surface area (Å²) in [5, 5.41) is 7.04. The third-order valence-electron chi connectivity index (χ3n) is 4.59. The zero-order valence-corrected chi connectivity index (χ0v) is 18.2. The molecule has 0 spiro atoms. The fourth-order valence-electron chi connectivity index (χ4n) is 3.06. The Morgan fingerprint density at radius 3 is 2.61 bits per heavy atom. The minimum atomic E-state index is -3.20. The minimum absolute atomic E-state index is 0.0908. The van der Waals surface area contributed by atoms with Crippen molar-refractivity contribution in [2.45, 2.75) is 32.9 Å². The van der Waals surface area contributed by atoms with E-state index < -0.39 is 15.9 Å². The van der Waals surface area contributed by atoms with Crippen LogP contribution in [0.2, 0.25) is 0 Å². The van der Waals surface area contributed by atoms with E-state index in [0.717, 1.165) is 4.88 Å². The van der Waals surface area contributed by atoms with Gasteiger partial charge in [0.15, 0.2) is 5.65 Å². The molecule has 0 bridgehead atoms. The summed E-state index contributed by atoms with van der Waals surface area (Å²) >= 11 is 1.55. The molecule has 0 aliphatic heterocycles. The summed E-state index contributed by atoms with van der Waals surface area (Å²) in [5.41, 5.74) is 1.83. The van der Waals surface area contributed by atoms with E-state index in [-0.39, 0.29) is 17.7 Å². The van der Waals surface area contributed by atoms with Crippen molar-refractivity contribution in [1.82, 2.24) is 19.7 Å². The lowest BCUT2D eigenvalue weighted by Crippen LogP contribution is -2.39. The summed E-state index contributed by atoms with van der Waals surface area (Å²) in [6.07, 6.45) is 2.83. The normalized spacial score (nSPS) is 13.2. The average molecular weight is 421 g/mol. The molecule has 3 rings (SSSR count). The Labute approximate surface area is 168 Å². The van der Waals surface area contributed by atoms with Gasteiger partial charge in [-0.1, -0.05) is 6.07 Å². The molecule has 9 heteroatoms. The molecule has 1 atom stereocenters. The highest BCUT2D eigenvalue weighted by atomic mass is 32.2. The number of pyridine rings is 1. The van der Waals surface area contributed by atoms with E-state index in [4.69, 9.17) is 4.98 Å². The second-order valence-corrected chi connectivity index (χ2v) is 10.4. The molecule has 3 aromatic heterocycles. The Balaban J connectivity index is 2.12. The third-order valence-corrected chi connectivity index (χ3v) is 6.57. The van der Waals surface area contributed by atoms with Crippen LogP contribution in [-0.4, -0.2) is 59.1 Å². The Hall–Kier alpha value is -2.26. The molecule has 0 aromatic carbocycles. The Bertz CT molecular complexity index is 1100. The van der Waals surface area contributed by atoms with Crippen molar-refractivity contribution in [3.63, 3.8) is 0 Å². The fourth-order valence-corrected chi connectivity index (χ4v) is 4.85. The van der Waals surface area contributed by atoms with Crippen molar-refractivity contribution >= 4 is 38.1 Å². The molecular weight excluding hydrogens is 396 g/mol. The highest BCUT2D eigenvalue weighted by Crippen LogP contribution is 2.29. The van der Waals surface area contributed by atoms with Gasteiger partial charge in [-0.05, 0) is 38.3 Å². The molecule has 0 fully saturated rings. The highest BCUT2D eigenvalue weighted by Gasteiger charge is 2.25. The topological polar surface area (TPSA) is 85.2 Å². The summed E-state index contributed by atoms with van der Waals surface area (Å²) < 4.78 is 25.1. The maximum atomic E-state index is 13.3. The molecule has 0 saturated heterocycles. The number of nitrogens with zero attached hydrogens (tertiary/aromatic N) is 4. The van der Waals surface area contributed by atoms with Gasteiger partial charge in [0.1, 0.15) is 9.84 Å². The second kappa shape index (κ2) is 7.63. The van der Waals surface area contributed by atoms with E-state index in [1.54, 1.807) is 42.3 Å². The standard InChI is InChI=1S/C19H24N4O3S2/c1-12(2)23-18-15(10-20-23)14(9-16(21-18)17-7-6-8-27-17)19(24)22(4)13(3)11-28(5,25)26/h6-10,12-13H,11H2,1-5H3. The lowest BCUT2D eigenvalue weighted by Gasteiger charge is -2.24. The van der Waals surface area contributed by atoms with Gasteiger partial charge in [0.25, 0.3) is 5.91 Å². The number of carbonyl (C=O) groups is 1. The largest absolute Gasteiger partial charge is 0.338 e. The molecule has 7 nitrogen and oxygen atoms in total. The van der Waals surface area contributed by atoms with Crippen LogP contribution in [0, 0.1) is 0 Å². The van der Waals surface area contributed by atoms with E-state index in [2.05, 4.69) is 5.10 Å². The molecule has 0 N–H and O–H groups in total. The molecule has 150 valence electrons. The molecule has 0 saturated carbocycles. The van der Waals surface area contributed by atoms with E-state index >= 15 is 0 Å². The van der Waals surface area contributed by atoms with Crippen LogP contribution in [0.15, 0.2) is 29.8 Å². The number of rotatable bonds is 6. The second-order valence-electron chi connectivity index (χ2n) is 7.31. The maximum Gasteiger partial charge on any atom is 0.254 e. The molecule has 0 radical (unpaired) electrons. The zero-order chi connectivity index (χ0) is 20.6. The maximum absolute atomic E-state index is 13.3. The van der Waals surface area contributed by atoms with E-state index in [0.29, 0.717) is 22.3 Å². The van der Waals surface area contributed by atoms with Crippen LogP contribution in [0.1, 0.15) is 37.2 Å². The molecule has 0 aliphatic rings. The van der Waals surface area contributed by atoms with Crippen LogP contribution < -0.4 is 0 Å². The molecule has 1 unspecified atom stereocenters. The average Bonchev–Trinajstić information content (AvgIpc) is 3.27.